The van der Waals surface area contributed by atoms with Crippen molar-refractivity contribution in [3.05, 3.63) is 35.4 Å². The minimum atomic E-state index is 0.483. The highest BCUT2D eigenvalue weighted by atomic mass is 15.0. The van der Waals surface area contributed by atoms with Gasteiger partial charge in [-0.05, 0) is 50.9 Å². The zero-order chi connectivity index (χ0) is 11.4. The third kappa shape index (κ3) is 2.63. The van der Waals surface area contributed by atoms with E-state index >= 15 is 0 Å². The van der Waals surface area contributed by atoms with Crippen molar-refractivity contribution in [1.82, 2.24) is 10.6 Å². The molecule has 16 heavy (non-hydrogen) atoms. The molecule has 0 radical (unpaired) electrons. The van der Waals surface area contributed by atoms with E-state index in [9.17, 15) is 0 Å². The van der Waals surface area contributed by atoms with Crippen LogP contribution in [0.1, 0.15) is 36.4 Å². The van der Waals surface area contributed by atoms with Crippen LogP contribution in [0.5, 0.6) is 0 Å². The first-order valence-corrected chi connectivity index (χ1v) is 6.27. The van der Waals surface area contributed by atoms with Crippen LogP contribution in [-0.4, -0.2) is 19.6 Å². The van der Waals surface area contributed by atoms with E-state index in [4.69, 9.17) is 0 Å². The standard InChI is InChI=1S/C14H22N2/c1-11-6-3-4-8-13(11)14(15-2)10-12-7-5-9-16-12/h3-4,6,8,12,14-16H,5,7,9-10H2,1-2H3. The zero-order valence-corrected chi connectivity index (χ0v) is 10.3. The smallest absolute Gasteiger partial charge is 0.0335 e. The van der Waals surface area contributed by atoms with Crippen LogP contribution in [-0.2, 0) is 0 Å². The molecule has 1 aliphatic rings. The van der Waals surface area contributed by atoms with Gasteiger partial charge in [-0.1, -0.05) is 24.3 Å². The van der Waals surface area contributed by atoms with E-state index in [1.807, 2.05) is 0 Å². The van der Waals surface area contributed by atoms with Gasteiger partial charge in [0.25, 0.3) is 0 Å². The fourth-order valence-electron chi connectivity index (χ4n) is 2.62. The summed E-state index contributed by atoms with van der Waals surface area (Å²) in [5, 5.41) is 7.02. The molecule has 0 saturated carbocycles. The molecular weight excluding hydrogens is 196 g/mol. The minimum absolute atomic E-state index is 0.483. The average Bonchev–Trinajstić information content (AvgIpc) is 2.80. The molecule has 1 aromatic rings. The molecule has 88 valence electrons. The van der Waals surface area contributed by atoms with Gasteiger partial charge in [0.1, 0.15) is 0 Å². The van der Waals surface area contributed by atoms with Crippen LogP contribution in [0.15, 0.2) is 24.3 Å². The second-order valence-electron chi connectivity index (χ2n) is 4.73. The molecule has 2 unspecified atom stereocenters. The lowest BCUT2D eigenvalue weighted by atomic mass is 9.95. The molecule has 0 amide bonds. The SMILES string of the molecule is CNC(CC1CCCN1)c1ccccc1C. The summed E-state index contributed by atoms with van der Waals surface area (Å²) in [6.45, 7) is 3.39. The Bertz CT molecular complexity index is 329. The predicted molar refractivity (Wildman–Crippen MR) is 68.6 cm³/mol. The summed E-state index contributed by atoms with van der Waals surface area (Å²) < 4.78 is 0. The summed E-state index contributed by atoms with van der Waals surface area (Å²) in [5.41, 5.74) is 2.83. The Kier molecular flexibility index (Phi) is 3.97. The second-order valence-corrected chi connectivity index (χ2v) is 4.73. The van der Waals surface area contributed by atoms with Crippen molar-refractivity contribution < 1.29 is 0 Å². The van der Waals surface area contributed by atoms with Gasteiger partial charge < -0.3 is 10.6 Å². The minimum Gasteiger partial charge on any atom is -0.314 e. The first kappa shape index (κ1) is 11.6. The zero-order valence-electron chi connectivity index (χ0n) is 10.3. The van der Waals surface area contributed by atoms with Crippen LogP contribution >= 0.6 is 0 Å². The highest BCUT2D eigenvalue weighted by molar-refractivity contribution is 5.28. The van der Waals surface area contributed by atoms with E-state index in [1.165, 1.54) is 36.9 Å². The van der Waals surface area contributed by atoms with Crippen LogP contribution in [0.25, 0.3) is 0 Å². The number of hydrogen-bond acceptors (Lipinski definition) is 2. The normalized spacial score (nSPS) is 22.2. The van der Waals surface area contributed by atoms with Gasteiger partial charge >= 0.3 is 0 Å². The molecule has 1 saturated heterocycles. The fourth-order valence-corrected chi connectivity index (χ4v) is 2.62. The van der Waals surface area contributed by atoms with E-state index in [-0.39, 0.29) is 0 Å². The van der Waals surface area contributed by atoms with Crippen molar-refractivity contribution in [2.75, 3.05) is 13.6 Å². The largest absolute Gasteiger partial charge is 0.314 e. The van der Waals surface area contributed by atoms with Crippen LogP contribution in [0.2, 0.25) is 0 Å². The number of benzene rings is 1. The maximum Gasteiger partial charge on any atom is 0.0335 e. The van der Waals surface area contributed by atoms with Crippen molar-refractivity contribution in [2.45, 2.75) is 38.3 Å². The van der Waals surface area contributed by atoms with E-state index in [0.29, 0.717) is 12.1 Å². The summed E-state index contributed by atoms with van der Waals surface area (Å²) in [6, 6.07) is 9.86. The van der Waals surface area contributed by atoms with Gasteiger partial charge in [0, 0.05) is 12.1 Å². The number of aryl methyl sites for hydroxylation is 1. The lowest BCUT2D eigenvalue weighted by molar-refractivity contribution is 0.452. The lowest BCUT2D eigenvalue weighted by Crippen LogP contribution is -2.28. The Morgan fingerprint density at radius 1 is 1.44 bits per heavy atom. The number of hydrogen-bond donors (Lipinski definition) is 2. The second kappa shape index (κ2) is 5.46. The molecule has 1 aromatic carbocycles. The summed E-state index contributed by atoms with van der Waals surface area (Å²) >= 11 is 0. The molecule has 0 spiro atoms. The lowest BCUT2D eigenvalue weighted by Gasteiger charge is -2.22. The highest BCUT2D eigenvalue weighted by Crippen LogP contribution is 2.24. The summed E-state index contributed by atoms with van der Waals surface area (Å²) in [5.74, 6) is 0. The molecule has 0 aromatic heterocycles. The molecule has 2 nitrogen and oxygen atoms in total. The van der Waals surface area contributed by atoms with Gasteiger partial charge in [0.15, 0.2) is 0 Å². The topological polar surface area (TPSA) is 24.1 Å². The number of nitrogens with one attached hydrogen (secondary N) is 2. The molecule has 0 aliphatic carbocycles. The van der Waals surface area contributed by atoms with Gasteiger partial charge in [-0.25, -0.2) is 0 Å². The summed E-state index contributed by atoms with van der Waals surface area (Å²) in [4.78, 5) is 0. The van der Waals surface area contributed by atoms with Crippen molar-refractivity contribution in [3.8, 4) is 0 Å². The third-order valence-corrected chi connectivity index (χ3v) is 3.59. The Morgan fingerprint density at radius 2 is 2.25 bits per heavy atom. The van der Waals surface area contributed by atoms with Crippen LogP contribution < -0.4 is 10.6 Å². The van der Waals surface area contributed by atoms with Crippen LogP contribution in [0, 0.1) is 6.92 Å². The molecule has 1 fully saturated rings. The first-order valence-electron chi connectivity index (χ1n) is 6.27. The third-order valence-electron chi connectivity index (χ3n) is 3.59. The highest BCUT2D eigenvalue weighted by Gasteiger charge is 2.20. The maximum absolute atomic E-state index is 3.57. The van der Waals surface area contributed by atoms with E-state index in [2.05, 4.69) is 48.9 Å². The fraction of sp³-hybridized carbons (Fsp3) is 0.571. The van der Waals surface area contributed by atoms with Gasteiger partial charge in [0.2, 0.25) is 0 Å². The maximum atomic E-state index is 3.57. The number of rotatable bonds is 4. The van der Waals surface area contributed by atoms with Crippen molar-refractivity contribution >= 4 is 0 Å². The Morgan fingerprint density at radius 3 is 2.88 bits per heavy atom. The quantitative estimate of drug-likeness (QED) is 0.811. The molecule has 2 rings (SSSR count). The van der Waals surface area contributed by atoms with E-state index in [1.54, 1.807) is 0 Å². The summed E-state index contributed by atoms with van der Waals surface area (Å²) in [7, 11) is 2.06. The summed E-state index contributed by atoms with van der Waals surface area (Å²) in [6.07, 6.45) is 3.85. The van der Waals surface area contributed by atoms with Gasteiger partial charge in [0.05, 0.1) is 0 Å². The predicted octanol–water partition coefficient (Wildman–Crippen LogP) is 2.40. The Balaban J connectivity index is 2.06. The van der Waals surface area contributed by atoms with Gasteiger partial charge in [-0.3, -0.25) is 0 Å². The molecule has 2 N–H and O–H groups in total. The van der Waals surface area contributed by atoms with E-state index in [0.717, 1.165) is 0 Å². The van der Waals surface area contributed by atoms with Crippen LogP contribution in [0.4, 0.5) is 0 Å². The average molecular weight is 218 g/mol. The molecule has 2 atom stereocenters. The molecule has 1 heterocycles. The monoisotopic (exact) mass is 218 g/mol. The Labute approximate surface area is 98.4 Å². The van der Waals surface area contributed by atoms with E-state index < -0.39 is 0 Å². The van der Waals surface area contributed by atoms with Crippen molar-refractivity contribution in [2.24, 2.45) is 0 Å². The van der Waals surface area contributed by atoms with Gasteiger partial charge in [-0.15, -0.1) is 0 Å². The molecular formula is C14H22N2. The van der Waals surface area contributed by atoms with Crippen molar-refractivity contribution in [1.29, 1.82) is 0 Å². The molecule has 0 bridgehead atoms. The van der Waals surface area contributed by atoms with Crippen LogP contribution in [0.3, 0.4) is 0 Å². The van der Waals surface area contributed by atoms with Gasteiger partial charge in [-0.2, -0.15) is 0 Å². The first-order chi connectivity index (χ1) is 7.81. The molecule has 2 heteroatoms. The Hall–Kier alpha value is -0.860. The van der Waals surface area contributed by atoms with Crippen molar-refractivity contribution in [3.63, 3.8) is 0 Å². The molecule has 1 aliphatic heterocycles.